The van der Waals surface area contributed by atoms with E-state index in [2.05, 4.69) is 23.2 Å². The Morgan fingerprint density at radius 1 is 1.17 bits per heavy atom. The van der Waals surface area contributed by atoms with E-state index < -0.39 is 0 Å². The fraction of sp³-hybridized carbons (Fsp3) is 0.833. The Morgan fingerprint density at radius 2 is 1.91 bits per heavy atom. The number of carbonyl (C=O) groups is 1. The second-order valence-electron chi connectivity index (χ2n) is 7.44. The van der Waals surface area contributed by atoms with Crippen LogP contribution in [0.25, 0.3) is 0 Å². The molecule has 2 amide bonds. The van der Waals surface area contributed by atoms with Gasteiger partial charge in [0.05, 0.1) is 6.10 Å². The molecular weight excluding hydrogens is 290 g/mol. The van der Waals surface area contributed by atoms with Crippen molar-refractivity contribution in [3.8, 4) is 0 Å². The molecule has 0 aromatic carbocycles. The maximum atomic E-state index is 12.4. The Bertz CT molecular complexity index is 444. The molecule has 2 N–H and O–H groups in total. The number of likely N-dealkylation sites (tertiary alicyclic amines) is 1. The summed E-state index contributed by atoms with van der Waals surface area (Å²) in [6, 6.07) is 0.717. The van der Waals surface area contributed by atoms with Crippen molar-refractivity contribution >= 4 is 6.03 Å². The molecule has 1 aliphatic carbocycles. The quantitative estimate of drug-likeness (QED) is 0.766. The molecular formula is C18H31N3O2. The van der Waals surface area contributed by atoms with Gasteiger partial charge in [0.2, 0.25) is 0 Å². The largest absolute Gasteiger partial charge is 0.391 e. The van der Waals surface area contributed by atoms with Crippen LogP contribution >= 0.6 is 0 Å². The van der Waals surface area contributed by atoms with E-state index in [1.807, 2.05) is 4.90 Å². The van der Waals surface area contributed by atoms with Crippen LogP contribution in [-0.4, -0.2) is 65.3 Å². The van der Waals surface area contributed by atoms with Crippen LogP contribution in [0.15, 0.2) is 11.6 Å². The number of carbonyl (C=O) groups excluding carboxylic acids is 1. The molecule has 130 valence electrons. The van der Waals surface area contributed by atoms with Gasteiger partial charge in [-0.2, -0.15) is 0 Å². The molecule has 2 heterocycles. The minimum absolute atomic E-state index is 0.0913. The maximum Gasteiger partial charge on any atom is 0.317 e. The van der Waals surface area contributed by atoms with E-state index in [4.69, 9.17) is 0 Å². The van der Waals surface area contributed by atoms with Crippen molar-refractivity contribution in [1.29, 1.82) is 0 Å². The summed E-state index contributed by atoms with van der Waals surface area (Å²) < 4.78 is 0. The summed E-state index contributed by atoms with van der Waals surface area (Å²) in [4.78, 5) is 16.7. The summed E-state index contributed by atoms with van der Waals surface area (Å²) in [5, 5.41) is 13.4. The number of aliphatic hydroxyl groups excluding tert-OH is 1. The molecule has 23 heavy (non-hydrogen) atoms. The van der Waals surface area contributed by atoms with Crippen LogP contribution in [0.4, 0.5) is 4.79 Å². The summed E-state index contributed by atoms with van der Waals surface area (Å²) in [6.07, 6.45) is 9.50. The zero-order chi connectivity index (χ0) is 16.2. The second kappa shape index (κ2) is 7.67. The zero-order valence-corrected chi connectivity index (χ0v) is 14.3. The minimum Gasteiger partial charge on any atom is -0.391 e. The van der Waals surface area contributed by atoms with Gasteiger partial charge in [-0.1, -0.05) is 24.5 Å². The number of hydrogen-bond donors (Lipinski definition) is 2. The average molecular weight is 321 g/mol. The first-order valence-electron chi connectivity index (χ1n) is 9.26. The predicted molar refractivity (Wildman–Crippen MR) is 91.3 cm³/mol. The van der Waals surface area contributed by atoms with Crippen molar-refractivity contribution in [2.75, 3.05) is 26.2 Å². The van der Waals surface area contributed by atoms with Gasteiger partial charge in [-0.3, -0.25) is 4.90 Å². The first-order chi connectivity index (χ1) is 11.1. The third kappa shape index (κ3) is 4.27. The van der Waals surface area contributed by atoms with Gasteiger partial charge in [0, 0.05) is 38.3 Å². The molecule has 0 spiro atoms. The van der Waals surface area contributed by atoms with Gasteiger partial charge >= 0.3 is 6.03 Å². The monoisotopic (exact) mass is 321 g/mol. The first-order valence-corrected chi connectivity index (χ1v) is 9.26. The van der Waals surface area contributed by atoms with Gasteiger partial charge in [0.25, 0.3) is 0 Å². The third-order valence-electron chi connectivity index (χ3n) is 5.64. The van der Waals surface area contributed by atoms with Crippen LogP contribution in [0.3, 0.4) is 0 Å². The SMILES string of the molecule is CC1=CCCN(C(=O)NC2CCN([C@@H]3CCCC[C@@H]3O)CC2)C1. The molecule has 2 aliphatic heterocycles. The Morgan fingerprint density at radius 3 is 2.61 bits per heavy atom. The highest BCUT2D eigenvalue weighted by atomic mass is 16.3. The lowest BCUT2D eigenvalue weighted by Gasteiger charge is -2.42. The number of rotatable bonds is 2. The van der Waals surface area contributed by atoms with Crippen LogP contribution in [0.2, 0.25) is 0 Å². The molecule has 0 radical (unpaired) electrons. The molecule has 3 aliphatic rings. The van der Waals surface area contributed by atoms with Gasteiger partial charge in [0.1, 0.15) is 0 Å². The summed E-state index contributed by atoms with van der Waals surface area (Å²) >= 11 is 0. The van der Waals surface area contributed by atoms with Crippen LogP contribution < -0.4 is 5.32 Å². The number of piperidine rings is 1. The van der Waals surface area contributed by atoms with Crippen LogP contribution in [0, 0.1) is 0 Å². The summed E-state index contributed by atoms with van der Waals surface area (Å²) in [5.41, 5.74) is 1.28. The number of nitrogens with zero attached hydrogens (tertiary/aromatic N) is 2. The Balaban J connectivity index is 1.44. The highest BCUT2D eigenvalue weighted by Crippen LogP contribution is 2.26. The molecule has 3 rings (SSSR count). The fourth-order valence-corrected chi connectivity index (χ4v) is 4.24. The summed E-state index contributed by atoms with van der Waals surface area (Å²) in [6.45, 7) is 5.67. The highest BCUT2D eigenvalue weighted by molar-refractivity contribution is 5.75. The van der Waals surface area contributed by atoms with Gasteiger partial charge in [-0.25, -0.2) is 4.79 Å². The van der Waals surface area contributed by atoms with E-state index in [1.54, 1.807) is 0 Å². The van der Waals surface area contributed by atoms with Crippen LogP contribution in [0.5, 0.6) is 0 Å². The molecule has 0 aromatic rings. The first kappa shape index (κ1) is 16.8. The number of hydrogen-bond acceptors (Lipinski definition) is 3. The molecule has 1 saturated carbocycles. The number of amides is 2. The van der Waals surface area contributed by atoms with Crippen LogP contribution in [0.1, 0.15) is 51.9 Å². The third-order valence-corrected chi connectivity index (χ3v) is 5.64. The molecule has 0 unspecified atom stereocenters. The number of aliphatic hydroxyl groups is 1. The Hall–Kier alpha value is -1.07. The molecule has 5 nitrogen and oxygen atoms in total. The van der Waals surface area contributed by atoms with Crippen molar-refractivity contribution in [3.05, 3.63) is 11.6 Å². The van der Waals surface area contributed by atoms with Gasteiger partial charge in [0.15, 0.2) is 0 Å². The lowest BCUT2D eigenvalue weighted by atomic mass is 9.89. The predicted octanol–water partition coefficient (Wildman–Crippen LogP) is 2.12. The number of nitrogens with one attached hydrogen (secondary N) is 1. The van der Waals surface area contributed by atoms with Crippen LogP contribution in [-0.2, 0) is 0 Å². The fourth-order valence-electron chi connectivity index (χ4n) is 4.24. The van der Waals surface area contributed by atoms with Crippen molar-refractivity contribution < 1.29 is 9.90 Å². The molecule has 0 bridgehead atoms. The van der Waals surface area contributed by atoms with E-state index in [1.165, 1.54) is 12.0 Å². The van der Waals surface area contributed by atoms with Crippen molar-refractivity contribution in [1.82, 2.24) is 15.1 Å². The summed E-state index contributed by atoms with van der Waals surface area (Å²) in [5.74, 6) is 0. The molecule has 2 atom stereocenters. The van der Waals surface area contributed by atoms with Crippen molar-refractivity contribution in [3.63, 3.8) is 0 Å². The van der Waals surface area contributed by atoms with E-state index >= 15 is 0 Å². The summed E-state index contributed by atoms with van der Waals surface area (Å²) in [7, 11) is 0. The van der Waals surface area contributed by atoms with Crippen molar-refractivity contribution in [2.45, 2.75) is 70.1 Å². The maximum absolute atomic E-state index is 12.4. The van der Waals surface area contributed by atoms with E-state index in [9.17, 15) is 9.90 Å². The van der Waals surface area contributed by atoms with E-state index in [-0.39, 0.29) is 18.2 Å². The normalized spacial score (nSPS) is 30.9. The standard InChI is InChI=1S/C18H31N3O2/c1-14-5-4-10-21(13-14)18(23)19-15-8-11-20(12-9-15)16-6-2-3-7-17(16)22/h5,15-17,22H,2-4,6-13H2,1H3,(H,19,23)/t16-,17+/m1/s1. The highest BCUT2D eigenvalue weighted by Gasteiger charge is 2.32. The van der Waals surface area contributed by atoms with E-state index in [0.717, 1.165) is 64.7 Å². The lowest BCUT2D eigenvalue weighted by molar-refractivity contribution is 0.00753. The number of urea groups is 1. The second-order valence-corrected chi connectivity index (χ2v) is 7.44. The van der Waals surface area contributed by atoms with Crippen molar-refractivity contribution in [2.24, 2.45) is 0 Å². The Kier molecular flexibility index (Phi) is 5.59. The molecule has 2 fully saturated rings. The topological polar surface area (TPSA) is 55.8 Å². The van der Waals surface area contributed by atoms with Gasteiger partial charge in [-0.15, -0.1) is 0 Å². The smallest absolute Gasteiger partial charge is 0.317 e. The van der Waals surface area contributed by atoms with Gasteiger partial charge in [-0.05, 0) is 39.0 Å². The average Bonchev–Trinajstić information content (AvgIpc) is 2.56. The Labute approximate surface area is 139 Å². The molecule has 0 aromatic heterocycles. The van der Waals surface area contributed by atoms with Gasteiger partial charge < -0.3 is 15.3 Å². The minimum atomic E-state index is -0.155. The molecule has 1 saturated heterocycles. The zero-order valence-electron chi connectivity index (χ0n) is 14.3. The van der Waals surface area contributed by atoms with E-state index in [0.29, 0.717) is 6.04 Å². The molecule has 5 heteroatoms. The lowest BCUT2D eigenvalue weighted by Crippen LogP contribution is -2.54.